The fourth-order valence-corrected chi connectivity index (χ4v) is 3.49. The van der Waals surface area contributed by atoms with Crippen LogP contribution in [-0.2, 0) is 19.2 Å². The zero-order chi connectivity index (χ0) is 38.9. The van der Waals surface area contributed by atoms with Crippen LogP contribution in [0.1, 0.15) is 142 Å². The van der Waals surface area contributed by atoms with E-state index in [-0.39, 0.29) is 43.6 Å². The van der Waals surface area contributed by atoms with Gasteiger partial charge in [-0.15, -0.1) is 0 Å². The topological polar surface area (TPSA) is 192 Å². The van der Waals surface area contributed by atoms with Gasteiger partial charge in [0.2, 0.25) is 17.7 Å². The third-order valence-corrected chi connectivity index (χ3v) is 6.16. The molecule has 0 saturated heterocycles. The van der Waals surface area contributed by atoms with E-state index in [1.165, 1.54) is 26.2 Å². The molecule has 48 heavy (non-hydrogen) atoms. The van der Waals surface area contributed by atoms with Crippen LogP contribution < -0.4 is 31.7 Å². The van der Waals surface area contributed by atoms with Gasteiger partial charge in [-0.2, -0.15) is 0 Å². The first-order chi connectivity index (χ1) is 22.2. The highest BCUT2D eigenvalue weighted by atomic mass is 32.2. The molecular formula is C35H76N6O6S. The van der Waals surface area contributed by atoms with E-state index in [1.807, 2.05) is 0 Å². The third kappa shape index (κ3) is 39.8. The number of hydrogen-bond donors (Lipinski definition) is 7. The van der Waals surface area contributed by atoms with Crippen LogP contribution in [0, 0.1) is 11.8 Å². The van der Waals surface area contributed by atoms with Crippen molar-refractivity contribution in [3.05, 3.63) is 0 Å². The van der Waals surface area contributed by atoms with Crippen molar-refractivity contribution in [3.8, 4) is 0 Å². The molecule has 0 aromatic carbocycles. The molecular weight excluding hydrogens is 632 g/mol. The number of aliphatic hydroxyl groups excluding tert-OH is 1. The van der Waals surface area contributed by atoms with E-state index in [4.69, 9.17) is 5.73 Å². The molecule has 0 radical (unpaired) electrons. The molecule has 288 valence electrons. The van der Waals surface area contributed by atoms with E-state index < -0.39 is 40.7 Å². The molecule has 13 heteroatoms. The molecule has 5 amide bonds. The normalized spacial score (nSPS) is 12.0. The number of aliphatic hydroxyl groups is 1. The van der Waals surface area contributed by atoms with Gasteiger partial charge in [-0.25, -0.2) is 4.79 Å². The van der Waals surface area contributed by atoms with E-state index in [2.05, 4.69) is 88.3 Å². The summed E-state index contributed by atoms with van der Waals surface area (Å²) >= 11 is 1.10. The lowest BCUT2D eigenvalue weighted by Crippen LogP contribution is -2.53. The number of primary amides is 1. The third-order valence-electron chi connectivity index (χ3n) is 5.18. The molecule has 8 N–H and O–H groups in total. The molecule has 0 aromatic rings. The number of urea groups is 1. The van der Waals surface area contributed by atoms with Crippen molar-refractivity contribution in [2.75, 3.05) is 20.2 Å². The van der Waals surface area contributed by atoms with Gasteiger partial charge in [0.05, 0.1) is 23.4 Å². The van der Waals surface area contributed by atoms with Gasteiger partial charge in [0, 0.05) is 13.0 Å². The van der Waals surface area contributed by atoms with E-state index in [1.54, 1.807) is 34.7 Å². The molecule has 0 saturated carbocycles. The van der Waals surface area contributed by atoms with Gasteiger partial charge in [0.1, 0.15) is 6.04 Å². The first-order valence-electron chi connectivity index (χ1n) is 17.6. The Labute approximate surface area is 298 Å². The monoisotopic (exact) mass is 709 g/mol. The second kappa shape index (κ2) is 35.9. The average Bonchev–Trinajstić information content (AvgIpc) is 2.97. The number of carbonyl (C=O) groups excluding carboxylic acids is 5. The summed E-state index contributed by atoms with van der Waals surface area (Å²) in [7, 11) is 1.61. The van der Waals surface area contributed by atoms with Gasteiger partial charge in [-0.1, -0.05) is 95.4 Å². The van der Waals surface area contributed by atoms with Crippen LogP contribution in [0.25, 0.3) is 0 Å². The smallest absolute Gasteiger partial charge is 0.312 e. The van der Waals surface area contributed by atoms with Gasteiger partial charge < -0.3 is 32.1 Å². The summed E-state index contributed by atoms with van der Waals surface area (Å²) in [5.41, 5.74) is 5.01. The largest absolute Gasteiger partial charge is 0.395 e. The van der Waals surface area contributed by atoms with Gasteiger partial charge in [0.15, 0.2) is 5.78 Å². The number of nitrogens with one attached hydrogen (secondary N) is 5. The number of Topliss-reactive ketones (excluding diaryl/α,β-unsaturated/α-hetero) is 1. The summed E-state index contributed by atoms with van der Waals surface area (Å²) < 4.78 is 2.14. The molecule has 0 spiro atoms. The molecule has 0 fully saturated rings. The average molecular weight is 709 g/mol. The Kier molecular flexibility index (Phi) is 41.2. The Morgan fingerprint density at radius 1 is 0.792 bits per heavy atom. The fourth-order valence-electron chi connectivity index (χ4n) is 2.91. The van der Waals surface area contributed by atoms with Crippen LogP contribution >= 0.6 is 11.9 Å². The van der Waals surface area contributed by atoms with E-state index in [9.17, 15) is 29.1 Å². The zero-order valence-corrected chi connectivity index (χ0v) is 34.0. The van der Waals surface area contributed by atoms with Crippen molar-refractivity contribution in [2.24, 2.45) is 17.6 Å². The molecule has 0 aliphatic carbocycles. The summed E-state index contributed by atoms with van der Waals surface area (Å²) in [6, 6.07) is -2.92. The van der Waals surface area contributed by atoms with Crippen molar-refractivity contribution in [2.45, 2.75) is 165 Å². The Morgan fingerprint density at radius 2 is 1.25 bits per heavy atom. The van der Waals surface area contributed by atoms with Crippen LogP contribution in [0.3, 0.4) is 0 Å². The van der Waals surface area contributed by atoms with Crippen molar-refractivity contribution < 1.29 is 29.1 Å². The Morgan fingerprint density at radius 3 is 1.60 bits per heavy atom. The molecule has 0 aliphatic heterocycles. The molecule has 0 aromatic heterocycles. The molecule has 0 rings (SSSR count). The number of carbonyl (C=O) groups is 5. The Bertz CT molecular complexity index is 820. The van der Waals surface area contributed by atoms with Crippen LogP contribution in [0.4, 0.5) is 4.79 Å². The SMILES string of the molecule is CC(C)C.CCC.CCC.CCC.CNC(CCC(=O)NC(C(=O)NC(CCCNC(N)=O)C(C)=O)C(C)C)C(=O)NSC(C)(C)CO. The Balaban J connectivity index is -0.000000404. The minimum Gasteiger partial charge on any atom is -0.395 e. The molecule has 0 aliphatic rings. The maximum absolute atomic E-state index is 12.8. The van der Waals surface area contributed by atoms with Crippen LogP contribution in [0.2, 0.25) is 0 Å². The summed E-state index contributed by atoms with van der Waals surface area (Å²) in [5, 5.41) is 20.0. The predicted octanol–water partition coefficient (Wildman–Crippen LogP) is 5.46. The fraction of sp³-hybridized carbons (Fsp3) is 0.857. The molecule has 0 bridgehead atoms. The lowest BCUT2D eigenvalue weighted by atomic mass is 10.0. The zero-order valence-electron chi connectivity index (χ0n) is 33.2. The van der Waals surface area contributed by atoms with Crippen molar-refractivity contribution in [3.63, 3.8) is 0 Å². The lowest BCUT2D eigenvalue weighted by Gasteiger charge is -2.25. The first-order valence-corrected chi connectivity index (χ1v) is 18.4. The highest BCUT2D eigenvalue weighted by molar-refractivity contribution is 7.99. The lowest BCUT2D eigenvalue weighted by molar-refractivity contribution is -0.132. The van der Waals surface area contributed by atoms with Crippen LogP contribution in [0.5, 0.6) is 0 Å². The predicted molar refractivity (Wildman–Crippen MR) is 204 cm³/mol. The maximum Gasteiger partial charge on any atom is 0.312 e. The molecule has 3 atom stereocenters. The van der Waals surface area contributed by atoms with E-state index >= 15 is 0 Å². The Hall–Kier alpha value is -2.38. The minimum atomic E-state index is -0.865. The van der Waals surface area contributed by atoms with Gasteiger partial charge in [0.25, 0.3) is 0 Å². The minimum absolute atomic E-state index is 0.00158. The highest BCUT2D eigenvalue weighted by Gasteiger charge is 2.28. The van der Waals surface area contributed by atoms with Crippen LogP contribution in [0.15, 0.2) is 0 Å². The molecule has 3 unspecified atom stereocenters. The quantitative estimate of drug-likeness (QED) is 0.0765. The van der Waals surface area contributed by atoms with Gasteiger partial charge in [-0.05, 0) is 70.9 Å². The highest BCUT2D eigenvalue weighted by Crippen LogP contribution is 2.20. The van der Waals surface area contributed by atoms with E-state index in [0.717, 1.165) is 17.9 Å². The number of amides is 5. The number of rotatable bonds is 17. The molecule has 12 nitrogen and oxygen atoms in total. The van der Waals surface area contributed by atoms with Gasteiger partial charge in [-0.3, -0.25) is 23.9 Å². The van der Waals surface area contributed by atoms with Crippen molar-refractivity contribution >= 4 is 41.5 Å². The molecule has 0 heterocycles. The summed E-state index contributed by atoms with van der Waals surface area (Å²) in [5.74, 6) is -0.859. The standard InChI is InChI=1S/C22H42N6O6S.C4H10.3C3H8/c1-13(2)18(20(33)26-15(14(3)30)8-7-11-25-21(23)34)27-17(31)10-9-16(24-6)19(32)28-35-22(4,5)12-29;1-4(2)3;3*1-3-2/h13,15-16,18,24,29H,7-12H2,1-6H3,(H,26,33)(H,27,31)(H,28,32)(H3,23,25,34);4H,1-3H3;3*3H2,1-2H3. The second-order valence-electron chi connectivity index (χ2n) is 13.1. The summed E-state index contributed by atoms with van der Waals surface area (Å²) in [6.45, 7) is 27.9. The summed E-state index contributed by atoms with van der Waals surface area (Å²) in [4.78, 5) is 60.5. The number of nitrogens with two attached hydrogens (primary N) is 1. The number of ketones is 1. The summed E-state index contributed by atoms with van der Waals surface area (Å²) in [6.07, 6.45) is 4.69. The first kappa shape index (κ1) is 55.0. The van der Waals surface area contributed by atoms with E-state index in [0.29, 0.717) is 12.8 Å². The maximum atomic E-state index is 12.8. The number of hydrogen-bond acceptors (Lipinski definition) is 8. The number of likely N-dealkylation sites (N-methyl/N-ethyl adjacent to an activating group) is 1. The van der Waals surface area contributed by atoms with Crippen molar-refractivity contribution in [1.82, 2.24) is 26.0 Å². The second-order valence-corrected chi connectivity index (χ2v) is 14.6. The van der Waals surface area contributed by atoms with Crippen LogP contribution in [-0.4, -0.2) is 77.7 Å². The van der Waals surface area contributed by atoms with Gasteiger partial charge >= 0.3 is 6.03 Å². The van der Waals surface area contributed by atoms with Crippen molar-refractivity contribution in [1.29, 1.82) is 0 Å².